The Morgan fingerprint density at radius 3 is 2.50 bits per heavy atom. The van der Waals surface area contributed by atoms with Crippen LogP contribution in [-0.2, 0) is 10.7 Å². The highest BCUT2D eigenvalue weighted by Gasteiger charge is 2.43. The Labute approximate surface area is 66.6 Å². The molecule has 0 bridgehead atoms. The van der Waals surface area contributed by atoms with Gasteiger partial charge in [-0.25, -0.2) is 4.79 Å². The van der Waals surface area contributed by atoms with Crippen LogP contribution in [-0.4, -0.2) is 11.1 Å². The highest BCUT2D eigenvalue weighted by Crippen LogP contribution is 2.30. The predicted octanol–water partition coefficient (Wildman–Crippen LogP) is 1.76. The van der Waals surface area contributed by atoms with E-state index >= 15 is 0 Å². The van der Waals surface area contributed by atoms with Crippen LogP contribution in [0.3, 0.4) is 0 Å². The molecular formula is C7H6F2O3. The first-order chi connectivity index (χ1) is 5.46. The number of alkyl halides is 2. The molecule has 0 radical (unpaired) electrons. The lowest BCUT2D eigenvalue weighted by Gasteiger charge is -2.08. The normalized spacial score (nSPS) is 11.6. The zero-order valence-corrected chi connectivity index (χ0v) is 6.17. The maximum Gasteiger partial charge on any atom is 0.379 e. The molecule has 12 heavy (non-hydrogen) atoms. The number of halogens is 2. The Bertz CT molecular complexity index is 303. The summed E-state index contributed by atoms with van der Waals surface area (Å²) in [7, 11) is 0. The molecule has 0 amide bonds. The Hall–Kier alpha value is -1.39. The molecule has 0 aliphatic rings. The lowest BCUT2D eigenvalue weighted by molar-refractivity contribution is -0.166. The molecule has 0 spiro atoms. The molecule has 1 heterocycles. The van der Waals surface area contributed by atoms with Crippen LogP contribution in [0, 0.1) is 6.92 Å². The number of hydrogen-bond acceptors (Lipinski definition) is 2. The Balaban J connectivity index is 3.13. The number of carboxylic acid groups (broad SMARTS) is 1. The molecule has 1 aromatic rings. The van der Waals surface area contributed by atoms with Crippen molar-refractivity contribution in [1.29, 1.82) is 0 Å². The van der Waals surface area contributed by atoms with Gasteiger partial charge in [-0.1, -0.05) is 0 Å². The van der Waals surface area contributed by atoms with E-state index in [2.05, 4.69) is 4.42 Å². The van der Waals surface area contributed by atoms with Crippen LogP contribution in [0.1, 0.15) is 11.1 Å². The van der Waals surface area contributed by atoms with Gasteiger partial charge in [-0.15, -0.1) is 0 Å². The van der Waals surface area contributed by atoms with Crippen LogP contribution in [0.15, 0.2) is 16.9 Å². The van der Waals surface area contributed by atoms with E-state index < -0.39 is 17.5 Å². The summed E-state index contributed by atoms with van der Waals surface area (Å²) in [4.78, 5) is 10.1. The molecule has 0 fully saturated rings. The molecule has 0 aliphatic heterocycles. The SMILES string of the molecule is Cc1cocc1C(F)(F)C(=O)O. The van der Waals surface area contributed by atoms with Crippen LogP contribution in [0.25, 0.3) is 0 Å². The first-order valence-corrected chi connectivity index (χ1v) is 3.10. The van der Waals surface area contributed by atoms with Crippen molar-refractivity contribution in [3.8, 4) is 0 Å². The molecule has 5 heteroatoms. The summed E-state index contributed by atoms with van der Waals surface area (Å²) in [5.41, 5.74) is -0.475. The molecule has 0 atom stereocenters. The summed E-state index contributed by atoms with van der Waals surface area (Å²) in [6, 6.07) is 0. The second-order valence-electron chi connectivity index (χ2n) is 2.35. The summed E-state index contributed by atoms with van der Waals surface area (Å²) in [5, 5.41) is 8.15. The van der Waals surface area contributed by atoms with Gasteiger partial charge < -0.3 is 9.52 Å². The molecule has 1 N–H and O–H groups in total. The number of rotatable bonds is 2. The number of aryl methyl sites for hydroxylation is 1. The monoisotopic (exact) mass is 176 g/mol. The molecule has 0 aromatic carbocycles. The van der Waals surface area contributed by atoms with Gasteiger partial charge in [0.1, 0.15) is 6.26 Å². The Kier molecular flexibility index (Phi) is 1.87. The summed E-state index contributed by atoms with van der Waals surface area (Å²) in [6.45, 7) is 1.36. The number of hydrogen-bond donors (Lipinski definition) is 1. The fourth-order valence-electron chi connectivity index (χ4n) is 0.797. The minimum absolute atomic E-state index is 0.127. The van der Waals surface area contributed by atoms with E-state index in [0.29, 0.717) is 0 Å². The van der Waals surface area contributed by atoms with E-state index in [-0.39, 0.29) is 5.56 Å². The van der Waals surface area contributed by atoms with E-state index in [9.17, 15) is 13.6 Å². The van der Waals surface area contributed by atoms with Crippen molar-refractivity contribution in [2.24, 2.45) is 0 Å². The van der Waals surface area contributed by atoms with Crippen molar-refractivity contribution in [2.75, 3.05) is 0 Å². The average molecular weight is 176 g/mol. The summed E-state index contributed by atoms with van der Waals surface area (Å²) < 4.78 is 29.9. The van der Waals surface area contributed by atoms with Crippen LogP contribution in [0.4, 0.5) is 8.78 Å². The third-order valence-corrected chi connectivity index (χ3v) is 1.46. The lowest BCUT2D eigenvalue weighted by Crippen LogP contribution is -2.25. The van der Waals surface area contributed by atoms with E-state index in [1.54, 1.807) is 0 Å². The summed E-state index contributed by atoms with van der Waals surface area (Å²) >= 11 is 0. The topological polar surface area (TPSA) is 50.4 Å². The fraction of sp³-hybridized carbons (Fsp3) is 0.286. The lowest BCUT2D eigenvalue weighted by atomic mass is 10.1. The van der Waals surface area contributed by atoms with E-state index in [4.69, 9.17) is 5.11 Å². The van der Waals surface area contributed by atoms with Gasteiger partial charge in [0, 0.05) is 0 Å². The fourth-order valence-corrected chi connectivity index (χ4v) is 0.797. The molecule has 1 rings (SSSR count). The van der Waals surface area contributed by atoms with Crippen LogP contribution < -0.4 is 0 Å². The minimum Gasteiger partial charge on any atom is -0.477 e. The van der Waals surface area contributed by atoms with Gasteiger partial charge in [0.2, 0.25) is 0 Å². The Morgan fingerprint density at radius 2 is 2.17 bits per heavy atom. The highest BCUT2D eigenvalue weighted by atomic mass is 19.3. The first-order valence-electron chi connectivity index (χ1n) is 3.10. The molecule has 0 saturated heterocycles. The van der Waals surface area contributed by atoms with Crippen LogP contribution in [0.5, 0.6) is 0 Å². The van der Waals surface area contributed by atoms with Gasteiger partial charge in [-0.05, 0) is 12.5 Å². The molecule has 66 valence electrons. The largest absolute Gasteiger partial charge is 0.477 e. The zero-order chi connectivity index (χ0) is 9.35. The number of furan rings is 1. The minimum atomic E-state index is -3.86. The third-order valence-electron chi connectivity index (χ3n) is 1.46. The molecule has 3 nitrogen and oxygen atoms in total. The zero-order valence-electron chi connectivity index (χ0n) is 6.17. The maximum absolute atomic E-state index is 12.7. The second kappa shape index (κ2) is 2.58. The number of carboxylic acids is 1. The van der Waals surface area contributed by atoms with Crippen molar-refractivity contribution in [3.63, 3.8) is 0 Å². The van der Waals surface area contributed by atoms with E-state index in [1.165, 1.54) is 6.92 Å². The summed E-state index contributed by atoms with van der Waals surface area (Å²) in [5.74, 6) is -6.04. The van der Waals surface area contributed by atoms with Crippen LogP contribution >= 0.6 is 0 Å². The molecule has 0 unspecified atom stereocenters. The van der Waals surface area contributed by atoms with Crippen molar-refractivity contribution in [1.82, 2.24) is 0 Å². The second-order valence-corrected chi connectivity index (χ2v) is 2.35. The van der Waals surface area contributed by atoms with Crippen LogP contribution in [0.2, 0.25) is 0 Å². The highest BCUT2D eigenvalue weighted by molar-refractivity contribution is 5.77. The van der Waals surface area contributed by atoms with E-state index in [1.807, 2.05) is 0 Å². The van der Waals surface area contributed by atoms with Gasteiger partial charge in [-0.3, -0.25) is 0 Å². The van der Waals surface area contributed by atoms with Crippen molar-refractivity contribution >= 4 is 5.97 Å². The van der Waals surface area contributed by atoms with Gasteiger partial charge >= 0.3 is 11.9 Å². The standard InChI is InChI=1S/C7H6F2O3/c1-4-2-12-3-5(4)7(8,9)6(10)11/h2-3H,1H3,(H,10,11). The van der Waals surface area contributed by atoms with Gasteiger partial charge in [0.25, 0.3) is 0 Å². The quantitative estimate of drug-likeness (QED) is 0.746. The van der Waals surface area contributed by atoms with Gasteiger partial charge in [-0.2, -0.15) is 8.78 Å². The first kappa shape index (κ1) is 8.70. The average Bonchev–Trinajstić information content (AvgIpc) is 2.35. The molecule has 1 aromatic heterocycles. The smallest absolute Gasteiger partial charge is 0.379 e. The predicted molar refractivity (Wildman–Crippen MR) is 35.0 cm³/mol. The van der Waals surface area contributed by atoms with Crippen molar-refractivity contribution in [2.45, 2.75) is 12.8 Å². The number of aliphatic carboxylic acids is 1. The maximum atomic E-state index is 12.7. The van der Waals surface area contributed by atoms with E-state index in [0.717, 1.165) is 12.5 Å². The number of carbonyl (C=O) groups is 1. The van der Waals surface area contributed by atoms with Gasteiger partial charge in [0.05, 0.1) is 11.8 Å². The third kappa shape index (κ3) is 1.17. The molecular weight excluding hydrogens is 170 g/mol. The van der Waals surface area contributed by atoms with Gasteiger partial charge in [0.15, 0.2) is 0 Å². The molecule has 0 saturated carbocycles. The molecule has 0 aliphatic carbocycles. The summed E-state index contributed by atoms with van der Waals surface area (Å²) in [6.07, 6.45) is 1.82. The van der Waals surface area contributed by atoms with Crippen molar-refractivity contribution in [3.05, 3.63) is 23.7 Å². The van der Waals surface area contributed by atoms with Crippen molar-refractivity contribution < 1.29 is 23.1 Å². The Morgan fingerprint density at radius 1 is 1.58 bits per heavy atom.